The third-order valence-corrected chi connectivity index (χ3v) is 2.44. The van der Waals surface area contributed by atoms with Gasteiger partial charge in [-0.1, -0.05) is 15.9 Å². The minimum absolute atomic E-state index is 0.157. The molecule has 0 aromatic heterocycles. The molecule has 0 saturated heterocycles. The smallest absolute Gasteiger partial charge is 0.153 e. The van der Waals surface area contributed by atoms with Crippen LogP contribution in [0.15, 0.2) is 0 Å². The lowest BCUT2D eigenvalue weighted by molar-refractivity contribution is -0.127. The maximum absolute atomic E-state index is 10.6. The van der Waals surface area contributed by atoms with Crippen LogP contribution < -0.4 is 0 Å². The number of halogens is 1. The van der Waals surface area contributed by atoms with Gasteiger partial charge in [0.2, 0.25) is 0 Å². The lowest BCUT2D eigenvalue weighted by Crippen LogP contribution is -2.33. The molecule has 0 saturated carbocycles. The first-order valence-electron chi connectivity index (χ1n) is 2.60. The van der Waals surface area contributed by atoms with E-state index in [0.717, 1.165) is 0 Å². The molecule has 0 aliphatic heterocycles. The third-order valence-electron chi connectivity index (χ3n) is 1.32. The van der Waals surface area contributed by atoms with E-state index in [4.69, 9.17) is 0 Å². The van der Waals surface area contributed by atoms with E-state index in [1.807, 2.05) is 0 Å². The zero-order valence-electron chi connectivity index (χ0n) is 5.69. The average Bonchev–Trinajstić information content (AvgIpc) is 1.65. The largest absolute Gasteiger partial charge is 0.298 e. The Hall–Kier alpha value is -0.180. The van der Waals surface area contributed by atoms with Crippen LogP contribution in [0.4, 0.5) is 0 Å². The van der Waals surface area contributed by atoms with Crippen molar-refractivity contribution in [3.8, 4) is 0 Å². The van der Waals surface area contributed by atoms with E-state index < -0.39 is 4.32 Å². The Morgan fingerprint density at radius 3 is 1.44 bits per heavy atom. The lowest BCUT2D eigenvalue weighted by Gasteiger charge is -2.13. The number of rotatable bonds is 2. The Balaban J connectivity index is 4.38. The summed E-state index contributed by atoms with van der Waals surface area (Å²) < 4.78 is -0.965. The molecule has 0 aliphatic rings. The quantitative estimate of drug-likeness (QED) is 0.489. The number of carbonyl (C=O) groups excluding carboxylic acids is 2. The summed E-state index contributed by atoms with van der Waals surface area (Å²) in [5.74, 6) is -0.315. The van der Waals surface area contributed by atoms with Crippen molar-refractivity contribution in [2.24, 2.45) is 0 Å². The fourth-order valence-electron chi connectivity index (χ4n) is 0.248. The predicted octanol–water partition coefficient (Wildman–Crippen LogP) is 1.32. The van der Waals surface area contributed by atoms with Crippen LogP contribution in [-0.4, -0.2) is 15.9 Å². The predicted molar refractivity (Wildman–Crippen MR) is 38.7 cm³/mol. The van der Waals surface area contributed by atoms with E-state index in [2.05, 4.69) is 15.9 Å². The standard InChI is InChI=1S/C6H9BrO2/c1-4(8)6(3,7)5(2)9/h1-3H3. The van der Waals surface area contributed by atoms with Crippen LogP contribution in [-0.2, 0) is 9.59 Å². The highest BCUT2D eigenvalue weighted by molar-refractivity contribution is 9.10. The van der Waals surface area contributed by atoms with Crippen molar-refractivity contribution in [1.82, 2.24) is 0 Å². The molecule has 0 atom stereocenters. The van der Waals surface area contributed by atoms with E-state index >= 15 is 0 Å². The molecule has 0 heterocycles. The van der Waals surface area contributed by atoms with Gasteiger partial charge in [-0.3, -0.25) is 9.59 Å². The molecule has 0 amide bonds. The molecule has 0 spiro atoms. The molecule has 2 nitrogen and oxygen atoms in total. The van der Waals surface area contributed by atoms with Gasteiger partial charge in [-0.05, 0) is 20.8 Å². The normalized spacial score (nSPS) is 11.1. The molecule has 3 heteroatoms. The average molecular weight is 193 g/mol. The van der Waals surface area contributed by atoms with Crippen molar-refractivity contribution in [2.45, 2.75) is 25.1 Å². The van der Waals surface area contributed by atoms with Crippen molar-refractivity contribution in [1.29, 1.82) is 0 Å². The number of hydrogen-bond donors (Lipinski definition) is 0. The number of ketones is 2. The second kappa shape index (κ2) is 2.60. The van der Waals surface area contributed by atoms with E-state index in [9.17, 15) is 9.59 Å². The fourth-order valence-corrected chi connectivity index (χ4v) is 0.248. The molecule has 0 aliphatic carbocycles. The van der Waals surface area contributed by atoms with Crippen LogP contribution in [0.5, 0.6) is 0 Å². The minimum Gasteiger partial charge on any atom is -0.298 e. The summed E-state index contributed by atoms with van der Waals surface area (Å²) in [6.45, 7) is 4.32. The zero-order chi connectivity index (χ0) is 7.65. The molecule has 9 heavy (non-hydrogen) atoms. The van der Waals surface area contributed by atoms with Gasteiger partial charge in [0, 0.05) is 0 Å². The van der Waals surface area contributed by atoms with E-state index in [0.29, 0.717) is 0 Å². The Morgan fingerprint density at radius 1 is 1.22 bits per heavy atom. The first-order valence-corrected chi connectivity index (χ1v) is 3.39. The van der Waals surface area contributed by atoms with Crippen LogP contribution in [0.3, 0.4) is 0 Å². The number of alkyl halides is 1. The summed E-state index contributed by atoms with van der Waals surface area (Å²) in [5, 5.41) is 0. The summed E-state index contributed by atoms with van der Waals surface area (Å²) in [7, 11) is 0. The van der Waals surface area contributed by atoms with Crippen molar-refractivity contribution in [3.05, 3.63) is 0 Å². The molecule has 52 valence electrons. The molecule has 0 unspecified atom stereocenters. The summed E-state index contributed by atoms with van der Waals surface area (Å²) in [6, 6.07) is 0. The van der Waals surface area contributed by atoms with Gasteiger partial charge in [-0.25, -0.2) is 0 Å². The van der Waals surface area contributed by atoms with E-state index in [-0.39, 0.29) is 11.6 Å². The second-order valence-electron chi connectivity index (χ2n) is 2.12. The summed E-state index contributed by atoms with van der Waals surface area (Å²) in [5.41, 5.74) is 0. The topological polar surface area (TPSA) is 34.1 Å². The van der Waals surface area contributed by atoms with Gasteiger partial charge in [-0.2, -0.15) is 0 Å². The summed E-state index contributed by atoms with van der Waals surface area (Å²) >= 11 is 3.01. The van der Waals surface area contributed by atoms with Crippen molar-refractivity contribution < 1.29 is 9.59 Å². The van der Waals surface area contributed by atoms with Crippen LogP contribution in [0.2, 0.25) is 0 Å². The van der Waals surface area contributed by atoms with Gasteiger partial charge >= 0.3 is 0 Å². The van der Waals surface area contributed by atoms with Crippen LogP contribution in [0, 0.1) is 0 Å². The Morgan fingerprint density at radius 2 is 1.44 bits per heavy atom. The van der Waals surface area contributed by atoms with Gasteiger partial charge in [-0.15, -0.1) is 0 Å². The Kier molecular flexibility index (Phi) is 2.55. The van der Waals surface area contributed by atoms with Gasteiger partial charge in [0.15, 0.2) is 11.6 Å². The van der Waals surface area contributed by atoms with Gasteiger partial charge < -0.3 is 0 Å². The molecular weight excluding hydrogens is 184 g/mol. The van der Waals surface area contributed by atoms with E-state index in [1.165, 1.54) is 13.8 Å². The molecule has 0 bridgehead atoms. The van der Waals surface area contributed by atoms with Crippen LogP contribution >= 0.6 is 15.9 Å². The highest BCUT2D eigenvalue weighted by Gasteiger charge is 2.31. The van der Waals surface area contributed by atoms with Crippen LogP contribution in [0.1, 0.15) is 20.8 Å². The first-order chi connectivity index (χ1) is 3.89. The Labute approximate surface area is 62.8 Å². The second-order valence-corrected chi connectivity index (χ2v) is 3.70. The third kappa shape index (κ3) is 1.90. The van der Waals surface area contributed by atoms with Gasteiger partial charge in [0.1, 0.15) is 4.32 Å². The number of Topliss-reactive ketones (excluding diaryl/α,β-unsaturated/α-hetero) is 2. The monoisotopic (exact) mass is 192 g/mol. The van der Waals surface area contributed by atoms with Gasteiger partial charge in [0.25, 0.3) is 0 Å². The summed E-state index contributed by atoms with van der Waals surface area (Å²) in [4.78, 5) is 21.3. The van der Waals surface area contributed by atoms with Crippen LogP contribution in [0.25, 0.3) is 0 Å². The number of hydrogen-bond acceptors (Lipinski definition) is 2. The summed E-state index contributed by atoms with van der Waals surface area (Å²) in [6.07, 6.45) is 0. The lowest BCUT2D eigenvalue weighted by atomic mass is 10.0. The molecule has 0 rings (SSSR count). The highest BCUT2D eigenvalue weighted by Crippen LogP contribution is 2.18. The first kappa shape index (κ1) is 8.82. The van der Waals surface area contributed by atoms with Gasteiger partial charge in [0.05, 0.1) is 0 Å². The molecular formula is C6H9BrO2. The highest BCUT2D eigenvalue weighted by atomic mass is 79.9. The Bertz CT molecular complexity index is 133. The number of carbonyl (C=O) groups is 2. The zero-order valence-corrected chi connectivity index (χ0v) is 7.28. The van der Waals surface area contributed by atoms with Crippen molar-refractivity contribution in [3.63, 3.8) is 0 Å². The molecule has 0 aromatic carbocycles. The molecule has 0 aromatic rings. The molecule has 0 N–H and O–H groups in total. The van der Waals surface area contributed by atoms with Crippen molar-refractivity contribution in [2.75, 3.05) is 0 Å². The minimum atomic E-state index is -0.965. The molecule has 0 fully saturated rings. The fraction of sp³-hybridized carbons (Fsp3) is 0.667. The molecule has 0 radical (unpaired) electrons. The maximum Gasteiger partial charge on any atom is 0.153 e. The SMILES string of the molecule is CC(=O)C(C)(Br)C(C)=O. The van der Waals surface area contributed by atoms with E-state index in [1.54, 1.807) is 6.92 Å². The maximum atomic E-state index is 10.6. The van der Waals surface area contributed by atoms with Crippen molar-refractivity contribution >= 4 is 27.5 Å².